The molecule has 0 radical (unpaired) electrons. The molecule has 2 N–H and O–H groups in total. The van der Waals surface area contributed by atoms with Crippen LogP contribution in [0.3, 0.4) is 0 Å². The third-order valence-electron chi connectivity index (χ3n) is 6.21. The number of para-hydroxylation sites is 1. The van der Waals surface area contributed by atoms with Crippen LogP contribution in [0.2, 0.25) is 0 Å². The first kappa shape index (κ1) is 21.0. The first-order valence-corrected chi connectivity index (χ1v) is 12.1. The van der Waals surface area contributed by atoms with E-state index in [-0.39, 0.29) is 12.1 Å². The fraction of sp³-hybridized carbons (Fsp3) is 0.500. The highest BCUT2D eigenvalue weighted by atomic mass is 32.2. The zero-order valence-electron chi connectivity index (χ0n) is 18.1. The number of hydrogen-bond acceptors (Lipinski definition) is 7. The van der Waals surface area contributed by atoms with Crippen LogP contribution in [0.4, 0.5) is 5.95 Å². The Balaban J connectivity index is 1.45. The van der Waals surface area contributed by atoms with Gasteiger partial charge in [0.05, 0.1) is 16.7 Å². The van der Waals surface area contributed by atoms with Gasteiger partial charge in [0, 0.05) is 19.1 Å². The molecule has 1 amide bonds. The maximum atomic E-state index is 13.0. The van der Waals surface area contributed by atoms with Crippen molar-refractivity contribution in [3.8, 4) is 0 Å². The summed E-state index contributed by atoms with van der Waals surface area (Å²) in [5.74, 6) is 2.03. The van der Waals surface area contributed by atoms with Gasteiger partial charge in [-0.05, 0) is 43.7 Å². The number of nitrogens with zero attached hydrogens (tertiary/aromatic N) is 6. The smallest absolute Gasteiger partial charge is 0.261 e. The molecule has 10 heteroatoms. The van der Waals surface area contributed by atoms with E-state index < -0.39 is 5.91 Å². The van der Waals surface area contributed by atoms with Gasteiger partial charge in [-0.2, -0.15) is 0 Å². The van der Waals surface area contributed by atoms with Crippen LogP contribution in [-0.4, -0.2) is 43.3 Å². The maximum absolute atomic E-state index is 13.0. The molecule has 0 unspecified atom stereocenters. The second kappa shape index (κ2) is 8.57. The molecule has 1 aliphatic heterocycles. The lowest BCUT2D eigenvalue weighted by Crippen LogP contribution is -2.34. The van der Waals surface area contributed by atoms with Gasteiger partial charge >= 0.3 is 0 Å². The Labute approximate surface area is 190 Å². The normalized spacial score (nSPS) is 17.2. The Hall–Kier alpha value is -2.88. The molecule has 1 saturated heterocycles. The lowest BCUT2D eigenvalue weighted by Gasteiger charge is -2.31. The SMILES string of the molecule is CC1CCN(c2nnc(SCc3nc4ccccc4c(=O)n3CC(N)=O)n2C2CC2)CC1. The number of amides is 1. The molecule has 3 heterocycles. The number of nitrogens with two attached hydrogens (primary N) is 1. The van der Waals surface area contributed by atoms with Gasteiger partial charge in [-0.3, -0.25) is 18.7 Å². The summed E-state index contributed by atoms with van der Waals surface area (Å²) in [7, 11) is 0. The molecule has 2 fully saturated rings. The van der Waals surface area contributed by atoms with Gasteiger partial charge < -0.3 is 10.6 Å². The monoisotopic (exact) mass is 453 g/mol. The highest BCUT2D eigenvalue weighted by molar-refractivity contribution is 7.98. The van der Waals surface area contributed by atoms with Crippen molar-refractivity contribution in [1.82, 2.24) is 24.3 Å². The van der Waals surface area contributed by atoms with Crippen molar-refractivity contribution in [2.45, 2.75) is 56.1 Å². The molecule has 3 aromatic rings. The van der Waals surface area contributed by atoms with Crippen LogP contribution in [0, 0.1) is 5.92 Å². The quantitative estimate of drug-likeness (QED) is 0.547. The van der Waals surface area contributed by atoms with Gasteiger partial charge in [-0.25, -0.2) is 4.98 Å². The zero-order chi connectivity index (χ0) is 22.2. The Morgan fingerprint density at radius 3 is 2.62 bits per heavy atom. The molecule has 2 aliphatic rings. The van der Waals surface area contributed by atoms with E-state index in [1.807, 2.05) is 12.1 Å². The lowest BCUT2D eigenvalue weighted by atomic mass is 10.00. The standard InChI is InChI=1S/C22H27N7O2S/c1-14-8-10-27(11-9-14)21-25-26-22(29(21)15-6-7-15)32-13-19-24-17-5-3-2-4-16(17)20(31)28(19)12-18(23)30/h2-5,14-15H,6-13H2,1H3,(H2,23,30). The highest BCUT2D eigenvalue weighted by Crippen LogP contribution is 2.41. The highest BCUT2D eigenvalue weighted by Gasteiger charge is 2.32. The molecule has 0 bridgehead atoms. The number of fused-ring (bicyclic) bond motifs is 1. The summed E-state index contributed by atoms with van der Waals surface area (Å²) < 4.78 is 3.63. The van der Waals surface area contributed by atoms with Gasteiger partial charge in [0.15, 0.2) is 5.16 Å². The first-order chi connectivity index (χ1) is 15.5. The van der Waals surface area contributed by atoms with Gasteiger partial charge in [0.2, 0.25) is 11.9 Å². The number of primary amides is 1. The van der Waals surface area contributed by atoms with E-state index in [1.165, 1.54) is 29.2 Å². The molecule has 5 rings (SSSR count). The predicted octanol–water partition coefficient (Wildman–Crippen LogP) is 2.34. The second-order valence-electron chi connectivity index (χ2n) is 8.74. The van der Waals surface area contributed by atoms with Crippen molar-refractivity contribution in [2.75, 3.05) is 18.0 Å². The van der Waals surface area contributed by atoms with E-state index in [0.717, 1.165) is 43.0 Å². The molecule has 9 nitrogen and oxygen atoms in total. The fourth-order valence-corrected chi connectivity index (χ4v) is 5.16. The Morgan fingerprint density at radius 2 is 1.91 bits per heavy atom. The third-order valence-corrected chi connectivity index (χ3v) is 7.15. The van der Waals surface area contributed by atoms with E-state index in [1.54, 1.807) is 12.1 Å². The molecule has 0 atom stereocenters. The minimum atomic E-state index is -0.571. The molecule has 1 aromatic carbocycles. The minimum absolute atomic E-state index is 0.195. The molecular weight excluding hydrogens is 426 g/mol. The summed E-state index contributed by atoms with van der Waals surface area (Å²) in [5, 5.41) is 10.3. The van der Waals surface area contributed by atoms with Crippen LogP contribution < -0.4 is 16.2 Å². The Kier molecular flexibility index (Phi) is 5.62. The van der Waals surface area contributed by atoms with Crippen molar-refractivity contribution in [3.63, 3.8) is 0 Å². The van der Waals surface area contributed by atoms with Crippen LogP contribution in [-0.2, 0) is 17.1 Å². The molecule has 32 heavy (non-hydrogen) atoms. The molecular formula is C22H27N7O2S. The second-order valence-corrected chi connectivity index (χ2v) is 9.69. The van der Waals surface area contributed by atoms with E-state index in [2.05, 4.69) is 31.6 Å². The number of hydrogen-bond donors (Lipinski definition) is 1. The fourth-order valence-electron chi connectivity index (χ4n) is 4.22. The van der Waals surface area contributed by atoms with Crippen LogP contribution in [0.1, 0.15) is 44.5 Å². The molecule has 2 aromatic heterocycles. The summed E-state index contributed by atoms with van der Waals surface area (Å²) >= 11 is 1.50. The zero-order valence-corrected chi connectivity index (χ0v) is 18.9. The topological polar surface area (TPSA) is 112 Å². The Morgan fingerprint density at radius 1 is 1.16 bits per heavy atom. The van der Waals surface area contributed by atoms with Crippen molar-refractivity contribution >= 4 is 34.5 Å². The Bertz CT molecular complexity index is 1210. The van der Waals surface area contributed by atoms with Crippen molar-refractivity contribution < 1.29 is 4.79 Å². The summed E-state index contributed by atoms with van der Waals surface area (Å²) in [6.45, 7) is 4.10. The van der Waals surface area contributed by atoms with E-state index in [9.17, 15) is 9.59 Å². The molecule has 168 valence electrons. The number of benzene rings is 1. The molecule has 1 saturated carbocycles. The van der Waals surface area contributed by atoms with E-state index in [0.29, 0.717) is 28.5 Å². The lowest BCUT2D eigenvalue weighted by molar-refractivity contribution is -0.118. The summed E-state index contributed by atoms with van der Waals surface area (Å²) in [5.41, 5.74) is 5.77. The number of rotatable bonds is 7. The maximum Gasteiger partial charge on any atom is 0.261 e. The van der Waals surface area contributed by atoms with E-state index >= 15 is 0 Å². The third kappa shape index (κ3) is 4.11. The number of anilines is 1. The summed E-state index contributed by atoms with van der Waals surface area (Å²) in [6, 6.07) is 7.59. The van der Waals surface area contributed by atoms with Crippen molar-refractivity contribution in [2.24, 2.45) is 11.7 Å². The number of carbonyl (C=O) groups is 1. The summed E-state index contributed by atoms with van der Waals surface area (Å²) in [4.78, 5) is 31.6. The van der Waals surface area contributed by atoms with E-state index in [4.69, 9.17) is 5.73 Å². The van der Waals surface area contributed by atoms with Gasteiger partial charge in [-0.15, -0.1) is 10.2 Å². The summed E-state index contributed by atoms with van der Waals surface area (Å²) in [6.07, 6.45) is 4.59. The average Bonchev–Trinajstić information content (AvgIpc) is 3.54. The van der Waals surface area contributed by atoms with Gasteiger partial charge in [-0.1, -0.05) is 30.8 Å². The van der Waals surface area contributed by atoms with Crippen molar-refractivity contribution in [3.05, 3.63) is 40.4 Å². The van der Waals surface area contributed by atoms with Gasteiger partial charge in [0.25, 0.3) is 5.56 Å². The van der Waals surface area contributed by atoms with Crippen molar-refractivity contribution in [1.29, 1.82) is 0 Å². The molecule has 0 spiro atoms. The number of thioether (sulfide) groups is 1. The molecule has 1 aliphatic carbocycles. The largest absolute Gasteiger partial charge is 0.368 e. The van der Waals surface area contributed by atoms with Crippen LogP contribution in [0.5, 0.6) is 0 Å². The van der Waals surface area contributed by atoms with Gasteiger partial charge in [0.1, 0.15) is 12.4 Å². The number of carbonyl (C=O) groups excluding carboxylic acids is 1. The average molecular weight is 454 g/mol. The predicted molar refractivity (Wildman–Crippen MR) is 124 cm³/mol. The number of piperidine rings is 1. The van der Waals surface area contributed by atoms with Crippen LogP contribution in [0.15, 0.2) is 34.2 Å². The number of aromatic nitrogens is 5. The first-order valence-electron chi connectivity index (χ1n) is 11.1. The van der Waals surface area contributed by atoms with Crippen LogP contribution in [0.25, 0.3) is 10.9 Å². The van der Waals surface area contributed by atoms with Crippen LogP contribution >= 0.6 is 11.8 Å². The minimum Gasteiger partial charge on any atom is -0.368 e.